The number of carbonyl (C=O) groups excluding carboxylic acids is 1. The van der Waals surface area contributed by atoms with Gasteiger partial charge in [-0.05, 0) is 53.6 Å². The molecule has 0 bridgehead atoms. The van der Waals surface area contributed by atoms with E-state index in [1.807, 2.05) is 48.7 Å². The molecule has 1 N–H and O–H groups in total. The lowest BCUT2D eigenvalue weighted by molar-refractivity contribution is 0.0953. The fraction of sp³-hybridized carbons (Fsp3) is 0.222. The molecule has 4 aromatic rings. The zero-order valence-corrected chi connectivity index (χ0v) is 15.0. The first-order valence-electron chi connectivity index (χ1n) is 8.55. The van der Waals surface area contributed by atoms with Crippen molar-refractivity contribution in [2.75, 3.05) is 6.54 Å². The number of nitrogens with one attached hydrogen (secondary N) is 1. The van der Waals surface area contributed by atoms with Crippen LogP contribution in [-0.2, 0) is 6.42 Å². The van der Waals surface area contributed by atoms with Crippen molar-refractivity contribution in [1.29, 1.82) is 0 Å². The second-order valence-electron chi connectivity index (χ2n) is 6.21. The molecule has 0 radical (unpaired) electrons. The molecule has 0 unspecified atom stereocenters. The number of aromatic nitrogens is 7. The summed E-state index contributed by atoms with van der Waals surface area (Å²) in [5, 5.41) is 22.5. The summed E-state index contributed by atoms with van der Waals surface area (Å²) in [4.78, 5) is 12.8. The Balaban J connectivity index is 1.53. The van der Waals surface area contributed by atoms with Crippen LogP contribution in [0.5, 0.6) is 0 Å². The van der Waals surface area contributed by atoms with Gasteiger partial charge < -0.3 is 5.32 Å². The number of pyridine rings is 1. The number of hydrogen-bond acceptors (Lipinski definition) is 6. The number of carbonyl (C=O) groups is 1. The van der Waals surface area contributed by atoms with E-state index < -0.39 is 0 Å². The fourth-order valence-electron chi connectivity index (χ4n) is 2.99. The van der Waals surface area contributed by atoms with Gasteiger partial charge in [0.05, 0.1) is 11.3 Å². The van der Waals surface area contributed by atoms with Crippen molar-refractivity contribution < 1.29 is 4.79 Å². The van der Waals surface area contributed by atoms with E-state index in [9.17, 15) is 4.79 Å². The molecule has 3 aromatic heterocycles. The quantitative estimate of drug-likeness (QED) is 0.574. The number of tetrazole rings is 1. The fourth-order valence-corrected chi connectivity index (χ4v) is 2.99. The lowest BCUT2D eigenvalue weighted by atomic mass is 10.0. The summed E-state index contributed by atoms with van der Waals surface area (Å²) in [7, 11) is 0. The maximum Gasteiger partial charge on any atom is 0.253 e. The summed E-state index contributed by atoms with van der Waals surface area (Å²) in [5.41, 5.74) is 4.02. The summed E-state index contributed by atoms with van der Waals surface area (Å²) >= 11 is 0. The Morgan fingerprint density at radius 2 is 2.04 bits per heavy atom. The van der Waals surface area contributed by atoms with Gasteiger partial charge in [-0.15, -0.1) is 15.3 Å². The third kappa shape index (κ3) is 3.14. The molecule has 0 saturated carbocycles. The predicted octanol–water partition coefficient (Wildman–Crippen LogP) is 1.29. The summed E-state index contributed by atoms with van der Waals surface area (Å²) in [6, 6.07) is 9.44. The van der Waals surface area contributed by atoms with Crippen LogP contribution >= 0.6 is 0 Å². The molecule has 0 saturated heterocycles. The minimum atomic E-state index is -0.183. The van der Waals surface area contributed by atoms with E-state index in [0.717, 1.165) is 22.6 Å². The number of rotatable bonds is 5. The van der Waals surface area contributed by atoms with E-state index in [4.69, 9.17) is 0 Å². The number of nitrogens with zero attached hydrogens (tertiary/aromatic N) is 7. The van der Waals surface area contributed by atoms with Crippen LogP contribution in [0.4, 0.5) is 0 Å². The minimum Gasteiger partial charge on any atom is -0.352 e. The third-order valence-electron chi connectivity index (χ3n) is 4.54. The van der Waals surface area contributed by atoms with E-state index >= 15 is 0 Å². The first-order chi connectivity index (χ1) is 13.1. The third-order valence-corrected chi connectivity index (χ3v) is 4.54. The Hall–Kier alpha value is -3.62. The molecule has 136 valence electrons. The van der Waals surface area contributed by atoms with Crippen LogP contribution in [0.1, 0.15) is 27.3 Å². The highest BCUT2D eigenvalue weighted by atomic mass is 16.1. The molecule has 4 rings (SSSR count). The first kappa shape index (κ1) is 16.8. The van der Waals surface area contributed by atoms with Gasteiger partial charge in [-0.1, -0.05) is 12.1 Å². The summed E-state index contributed by atoms with van der Waals surface area (Å²) in [6.45, 7) is 4.38. The smallest absolute Gasteiger partial charge is 0.253 e. The second-order valence-corrected chi connectivity index (χ2v) is 6.21. The van der Waals surface area contributed by atoms with Crippen LogP contribution in [0.25, 0.3) is 11.3 Å². The lowest BCUT2D eigenvalue weighted by Gasteiger charge is -2.13. The van der Waals surface area contributed by atoms with Gasteiger partial charge >= 0.3 is 0 Å². The molecule has 9 heteroatoms. The van der Waals surface area contributed by atoms with Gasteiger partial charge in [-0.25, -0.2) is 0 Å². The molecule has 0 spiro atoms. The van der Waals surface area contributed by atoms with E-state index in [2.05, 4.69) is 31.0 Å². The Bertz CT molecular complexity index is 1100. The van der Waals surface area contributed by atoms with Gasteiger partial charge in [-0.3, -0.25) is 9.20 Å². The molecule has 1 aromatic carbocycles. The Labute approximate surface area is 155 Å². The van der Waals surface area contributed by atoms with Crippen LogP contribution < -0.4 is 5.32 Å². The highest BCUT2D eigenvalue weighted by Gasteiger charge is 2.17. The van der Waals surface area contributed by atoms with Gasteiger partial charge in [-0.2, -0.15) is 4.68 Å². The Morgan fingerprint density at radius 1 is 1.15 bits per heavy atom. The van der Waals surface area contributed by atoms with Crippen LogP contribution in [0.3, 0.4) is 0 Å². The summed E-state index contributed by atoms with van der Waals surface area (Å²) in [6.07, 6.45) is 3.97. The summed E-state index contributed by atoms with van der Waals surface area (Å²) in [5.74, 6) is 0.615. The van der Waals surface area contributed by atoms with Crippen molar-refractivity contribution in [3.63, 3.8) is 0 Å². The van der Waals surface area contributed by atoms with Gasteiger partial charge in [0.15, 0.2) is 5.65 Å². The number of hydrogen-bond donors (Lipinski definition) is 1. The average Bonchev–Trinajstić information content (AvgIpc) is 3.34. The monoisotopic (exact) mass is 362 g/mol. The summed E-state index contributed by atoms with van der Waals surface area (Å²) < 4.78 is 3.43. The molecule has 0 aliphatic rings. The van der Waals surface area contributed by atoms with Crippen molar-refractivity contribution in [3.8, 4) is 5.69 Å². The van der Waals surface area contributed by atoms with Crippen molar-refractivity contribution in [2.45, 2.75) is 20.3 Å². The van der Waals surface area contributed by atoms with Gasteiger partial charge in [0.1, 0.15) is 12.2 Å². The molecule has 27 heavy (non-hydrogen) atoms. The largest absolute Gasteiger partial charge is 0.352 e. The van der Waals surface area contributed by atoms with E-state index in [1.54, 1.807) is 6.07 Å². The Morgan fingerprint density at radius 3 is 2.85 bits per heavy atom. The molecular formula is C18H18N8O. The molecule has 0 aliphatic heterocycles. The van der Waals surface area contributed by atoms with Crippen molar-refractivity contribution in [1.82, 2.24) is 40.1 Å². The lowest BCUT2D eigenvalue weighted by Crippen LogP contribution is -2.27. The van der Waals surface area contributed by atoms with Gasteiger partial charge in [0.2, 0.25) is 0 Å². The van der Waals surface area contributed by atoms with Crippen LogP contribution in [0.15, 0.2) is 42.9 Å². The number of fused-ring (bicyclic) bond motifs is 1. The van der Waals surface area contributed by atoms with Crippen molar-refractivity contribution in [2.24, 2.45) is 0 Å². The SMILES string of the molecule is Cc1ccc(C(=O)NCCc2nnc3ccccn23)c(-n2cnnn2)c1C. The van der Waals surface area contributed by atoms with E-state index in [-0.39, 0.29) is 5.91 Å². The maximum atomic E-state index is 12.8. The predicted molar refractivity (Wildman–Crippen MR) is 97.7 cm³/mol. The number of aryl methyl sites for hydroxylation is 1. The van der Waals surface area contributed by atoms with Gasteiger partial charge in [0.25, 0.3) is 5.91 Å². The highest BCUT2D eigenvalue weighted by Crippen LogP contribution is 2.21. The molecule has 9 nitrogen and oxygen atoms in total. The zero-order chi connectivity index (χ0) is 18.8. The molecule has 1 amide bonds. The van der Waals surface area contributed by atoms with Crippen LogP contribution in [0, 0.1) is 13.8 Å². The van der Waals surface area contributed by atoms with Crippen molar-refractivity contribution >= 4 is 11.6 Å². The molecule has 3 heterocycles. The topological polar surface area (TPSA) is 103 Å². The zero-order valence-electron chi connectivity index (χ0n) is 15.0. The minimum absolute atomic E-state index is 0.183. The first-order valence-corrected chi connectivity index (χ1v) is 8.55. The molecule has 0 fully saturated rings. The number of amides is 1. The van der Waals surface area contributed by atoms with Crippen LogP contribution in [-0.4, -0.2) is 47.3 Å². The van der Waals surface area contributed by atoms with E-state index in [1.165, 1.54) is 11.0 Å². The van der Waals surface area contributed by atoms with Crippen LogP contribution in [0.2, 0.25) is 0 Å². The normalized spacial score (nSPS) is 11.0. The van der Waals surface area contributed by atoms with Gasteiger partial charge in [0, 0.05) is 19.2 Å². The average molecular weight is 362 g/mol. The maximum absolute atomic E-state index is 12.8. The Kier molecular flexibility index (Phi) is 4.33. The van der Waals surface area contributed by atoms with E-state index in [0.29, 0.717) is 24.2 Å². The number of benzene rings is 1. The standard InChI is InChI=1S/C18H18N8O/c1-12-6-7-14(17(13(12)2)26-11-20-23-24-26)18(27)19-9-8-16-22-21-15-5-3-4-10-25(15)16/h3-7,10-11H,8-9H2,1-2H3,(H,19,27). The molecular weight excluding hydrogens is 344 g/mol. The second kappa shape index (κ2) is 6.94. The molecule has 0 atom stereocenters. The molecule has 0 aliphatic carbocycles. The highest BCUT2D eigenvalue weighted by molar-refractivity contribution is 5.98. The van der Waals surface area contributed by atoms with Crippen molar-refractivity contribution in [3.05, 3.63) is 65.4 Å².